The zero-order valence-electron chi connectivity index (χ0n) is 6.44. The fourth-order valence-electron chi connectivity index (χ4n) is 0.587. The molecule has 0 fully saturated rings. The molecule has 0 aliphatic heterocycles. The molecule has 10 heavy (non-hydrogen) atoms. The van der Waals surface area contributed by atoms with Gasteiger partial charge >= 0.3 is 0 Å². The second-order valence-corrected chi connectivity index (χ2v) is 2.04. The summed E-state index contributed by atoms with van der Waals surface area (Å²) >= 11 is 0. The maximum absolute atomic E-state index is 8.65. The Morgan fingerprint density at radius 3 is 1.40 bits per heavy atom. The third-order valence-corrected chi connectivity index (χ3v) is 0.777. The normalized spacial score (nSPS) is 20.1. The third-order valence-electron chi connectivity index (χ3n) is 0.777. The predicted molar refractivity (Wildman–Crippen MR) is 35.0 cm³/mol. The van der Waals surface area contributed by atoms with Gasteiger partial charge in [0.25, 0.3) is 0 Å². The van der Waals surface area contributed by atoms with Crippen molar-refractivity contribution in [1.82, 2.24) is 0 Å². The Morgan fingerprint density at radius 1 is 0.900 bits per heavy atom. The zero-order valence-corrected chi connectivity index (χ0v) is 6.44. The van der Waals surface area contributed by atoms with Crippen molar-refractivity contribution in [2.75, 3.05) is 0 Å². The van der Waals surface area contributed by atoms with Gasteiger partial charge in [-0.15, -0.1) is 0 Å². The van der Waals surface area contributed by atoms with Gasteiger partial charge < -0.3 is 19.7 Å². The molecule has 0 aromatic carbocycles. The Labute approximate surface area is 60.4 Å². The summed E-state index contributed by atoms with van der Waals surface area (Å²) in [6.07, 6.45) is -2.32. The van der Waals surface area contributed by atoms with E-state index < -0.39 is 18.9 Å². The van der Waals surface area contributed by atoms with Crippen molar-refractivity contribution in [2.24, 2.45) is 0 Å². The first-order valence-corrected chi connectivity index (χ1v) is 3.19. The lowest BCUT2D eigenvalue weighted by Crippen LogP contribution is -2.23. The standard InChI is InChI=1S/C6H14O4/c1-4(7)9-6(3)10-5(2)8/h4-8H,1-3H3. The van der Waals surface area contributed by atoms with Crippen LogP contribution >= 0.6 is 0 Å². The van der Waals surface area contributed by atoms with Crippen LogP contribution in [0.25, 0.3) is 0 Å². The summed E-state index contributed by atoms with van der Waals surface area (Å²) in [5.74, 6) is 0. The molecule has 0 bridgehead atoms. The molecule has 0 amide bonds. The molecule has 0 aliphatic rings. The molecular weight excluding hydrogens is 136 g/mol. The first-order chi connectivity index (χ1) is 4.52. The van der Waals surface area contributed by atoms with Crippen LogP contribution in [-0.4, -0.2) is 29.1 Å². The summed E-state index contributed by atoms with van der Waals surface area (Å²) in [5, 5.41) is 17.3. The SMILES string of the molecule is CC(O)OC(C)OC(C)O. The molecule has 4 heteroatoms. The summed E-state index contributed by atoms with van der Waals surface area (Å²) in [7, 11) is 0. The molecule has 0 heterocycles. The van der Waals surface area contributed by atoms with Crippen molar-refractivity contribution in [1.29, 1.82) is 0 Å². The van der Waals surface area contributed by atoms with Gasteiger partial charge in [0.15, 0.2) is 18.9 Å². The van der Waals surface area contributed by atoms with Gasteiger partial charge in [-0.2, -0.15) is 0 Å². The van der Waals surface area contributed by atoms with E-state index in [1.54, 1.807) is 6.92 Å². The second-order valence-electron chi connectivity index (χ2n) is 2.04. The highest BCUT2D eigenvalue weighted by molar-refractivity contribution is 4.33. The molecule has 0 aliphatic carbocycles. The molecule has 2 N–H and O–H groups in total. The van der Waals surface area contributed by atoms with E-state index in [0.717, 1.165) is 0 Å². The molecule has 0 saturated heterocycles. The average Bonchev–Trinajstić information content (AvgIpc) is 1.58. The number of rotatable bonds is 4. The Morgan fingerprint density at radius 2 is 1.20 bits per heavy atom. The van der Waals surface area contributed by atoms with E-state index in [0.29, 0.717) is 0 Å². The van der Waals surface area contributed by atoms with E-state index in [2.05, 4.69) is 0 Å². The van der Waals surface area contributed by atoms with Gasteiger partial charge in [0.1, 0.15) is 0 Å². The van der Waals surface area contributed by atoms with Crippen LogP contribution in [0.5, 0.6) is 0 Å². The Bertz CT molecular complexity index is 71.8. The first kappa shape index (κ1) is 9.84. The number of hydrogen-bond acceptors (Lipinski definition) is 4. The van der Waals surface area contributed by atoms with E-state index in [1.165, 1.54) is 13.8 Å². The van der Waals surface area contributed by atoms with Gasteiger partial charge in [0.2, 0.25) is 0 Å². The molecule has 0 aromatic rings. The molecule has 0 radical (unpaired) electrons. The minimum Gasteiger partial charge on any atom is -0.368 e. The largest absolute Gasteiger partial charge is 0.368 e. The lowest BCUT2D eigenvalue weighted by Gasteiger charge is -2.17. The van der Waals surface area contributed by atoms with Crippen molar-refractivity contribution in [3.8, 4) is 0 Å². The van der Waals surface area contributed by atoms with Crippen LogP contribution in [-0.2, 0) is 9.47 Å². The third kappa shape index (κ3) is 5.97. The van der Waals surface area contributed by atoms with Crippen molar-refractivity contribution in [3.05, 3.63) is 0 Å². The van der Waals surface area contributed by atoms with Gasteiger partial charge in [0, 0.05) is 0 Å². The molecule has 0 rings (SSSR count). The fraction of sp³-hybridized carbons (Fsp3) is 1.00. The molecule has 62 valence electrons. The number of hydrogen-bond donors (Lipinski definition) is 2. The maximum Gasteiger partial charge on any atom is 0.161 e. The van der Waals surface area contributed by atoms with Crippen LogP contribution < -0.4 is 0 Å². The molecule has 0 aromatic heterocycles. The summed E-state index contributed by atoms with van der Waals surface area (Å²) in [6, 6.07) is 0. The highest BCUT2D eigenvalue weighted by Gasteiger charge is 2.07. The average molecular weight is 150 g/mol. The van der Waals surface area contributed by atoms with Gasteiger partial charge in [-0.25, -0.2) is 0 Å². The summed E-state index contributed by atoms with van der Waals surface area (Å²) in [5.41, 5.74) is 0. The van der Waals surface area contributed by atoms with Crippen LogP contribution in [0, 0.1) is 0 Å². The highest BCUT2D eigenvalue weighted by Crippen LogP contribution is 1.99. The minimum atomic E-state index is -0.867. The van der Waals surface area contributed by atoms with Crippen LogP contribution in [0.1, 0.15) is 20.8 Å². The number of ether oxygens (including phenoxy) is 2. The summed E-state index contributed by atoms with van der Waals surface area (Å²) < 4.78 is 9.47. The van der Waals surface area contributed by atoms with E-state index in [9.17, 15) is 0 Å². The molecule has 0 saturated carbocycles. The van der Waals surface area contributed by atoms with Gasteiger partial charge in [0.05, 0.1) is 0 Å². The Balaban J connectivity index is 3.34. The van der Waals surface area contributed by atoms with E-state index >= 15 is 0 Å². The quantitative estimate of drug-likeness (QED) is 0.555. The molecular formula is C6H14O4. The first-order valence-electron chi connectivity index (χ1n) is 3.19. The van der Waals surface area contributed by atoms with Crippen molar-refractivity contribution >= 4 is 0 Å². The van der Waals surface area contributed by atoms with Crippen molar-refractivity contribution < 1.29 is 19.7 Å². The lowest BCUT2D eigenvalue weighted by molar-refractivity contribution is -0.259. The zero-order chi connectivity index (χ0) is 8.15. The molecule has 2 atom stereocenters. The minimum absolute atomic E-state index is 0.583. The molecule has 0 spiro atoms. The Kier molecular flexibility index (Phi) is 4.55. The summed E-state index contributed by atoms with van der Waals surface area (Å²) in [4.78, 5) is 0. The van der Waals surface area contributed by atoms with Crippen LogP contribution in [0.3, 0.4) is 0 Å². The van der Waals surface area contributed by atoms with Crippen LogP contribution in [0.15, 0.2) is 0 Å². The maximum atomic E-state index is 8.65. The smallest absolute Gasteiger partial charge is 0.161 e. The van der Waals surface area contributed by atoms with Gasteiger partial charge in [-0.1, -0.05) is 0 Å². The van der Waals surface area contributed by atoms with E-state index in [4.69, 9.17) is 19.7 Å². The summed E-state index contributed by atoms with van der Waals surface area (Å²) in [6.45, 7) is 4.54. The monoisotopic (exact) mass is 150 g/mol. The molecule has 4 nitrogen and oxygen atoms in total. The fourth-order valence-corrected chi connectivity index (χ4v) is 0.587. The van der Waals surface area contributed by atoms with E-state index in [-0.39, 0.29) is 0 Å². The lowest BCUT2D eigenvalue weighted by atomic mass is 10.6. The van der Waals surface area contributed by atoms with Crippen molar-refractivity contribution in [3.63, 3.8) is 0 Å². The number of aliphatic hydroxyl groups is 2. The predicted octanol–water partition coefficient (Wildman–Crippen LogP) is 0.0422. The number of aliphatic hydroxyl groups excluding tert-OH is 2. The van der Waals surface area contributed by atoms with Gasteiger partial charge in [-0.3, -0.25) is 0 Å². The topological polar surface area (TPSA) is 58.9 Å². The molecule has 2 unspecified atom stereocenters. The van der Waals surface area contributed by atoms with Crippen molar-refractivity contribution in [2.45, 2.75) is 39.6 Å². The van der Waals surface area contributed by atoms with Gasteiger partial charge in [-0.05, 0) is 20.8 Å². The van der Waals surface area contributed by atoms with Crippen LogP contribution in [0.2, 0.25) is 0 Å². The van der Waals surface area contributed by atoms with E-state index in [1.807, 2.05) is 0 Å². The Hall–Kier alpha value is -0.160. The van der Waals surface area contributed by atoms with Crippen LogP contribution in [0.4, 0.5) is 0 Å². The second kappa shape index (κ2) is 4.62. The highest BCUT2D eigenvalue weighted by atomic mass is 16.8.